The number of rotatable bonds is 3. The molecule has 0 aliphatic heterocycles. The average molecular weight is 322 g/mol. The Bertz CT molecular complexity index is 993. The molecule has 0 aliphatic carbocycles. The van der Waals surface area contributed by atoms with Crippen LogP contribution in [-0.2, 0) is 0 Å². The Balaban J connectivity index is 1.79. The van der Waals surface area contributed by atoms with E-state index in [1.807, 2.05) is 31.2 Å². The molecule has 1 heterocycles. The summed E-state index contributed by atoms with van der Waals surface area (Å²) in [4.78, 5) is 9.25. The molecule has 0 amide bonds. The zero-order valence-corrected chi connectivity index (χ0v) is 14.1. The molecule has 2 heteroatoms. The van der Waals surface area contributed by atoms with Crippen LogP contribution in [0.5, 0.6) is 0 Å². The van der Waals surface area contributed by atoms with Gasteiger partial charge in [-0.15, -0.1) is 0 Å². The number of hydrogen-bond donors (Lipinski definition) is 0. The molecule has 120 valence electrons. The maximum Gasteiger partial charge on any atom is 0.126 e. The quantitative estimate of drug-likeness (QED) is 0.477. The van der Waals surface area contributed by atoms with Crippen molar-refractivity contribution in [3.05, 3.63) is 96.8 Å². The van der Waals surface area contributed by atoms with E-state index in [9.17, 15) is 0 Å². The van der Waals surface area contributed by atoms with Crippen LogP contribution < -0.4 is 0 Å². The van der Waals surface area contributed by atoms with Crippen LogP contribution in [0.3, 0.4) is 0 Å². The molecule has 0 saturated heterocycles. The van der Waals surface area contributed by atoms with Crippen molar-refractivity contribution >= 4 is 0 Å². The fourth-order valence-electron chi connectivity index (χ4n) is 2.96. The highest BCUT2D eigenvalue weighted by Crippen LogP contribution is 2.27. The minimum atomic E-state index is 0.779. The van der Waals surface area contributed by atoms with Gasteiger partial charge in [-0.1, -0.05) is 78.9 Å². The van der Waals surface area contributed by atoms with Gasteiger partial charge in [-0.05, 0) is 30.2 Å². The maximum absolute atomic E-state index is 4.65. The first kappa shape index (κ1) is 15.3. The summed E-state index contributed by atoms with van der Waals surface area (Å²) in [5, 5.41) is 0. The molecule has 0 bridgehead atoms. The summed E-state index contributed by atoms with van der Waals surface area (Å²) >= 11 is 0. The third kappa shape index (κ3) is 3.33. The third-order valence-electron chi connectivity index (χ3n) is 4.17. The highest BCUT2D eigenvalue weighted by atomic mass is 14.9. The van der Waals surface area contributed by atoms with Gasteiger partial charge in [0.25, 0.3) is 0 Å². The van der Waals surface area contributed by atoms with Gasteiger partial charge >= 0.3 is 0 Å². The molecule has 1 aromatic heterocycles. The van der Waals surface area contributed by atoms with Crippen LogP contribution in [0.25, 0.3) is 33.6 Å². The maximum atomic E-state index is 4.65. The van der Waals surface area contributed by atoms with Crippen molar-refractivity contribution in [2.45, 2.75) is 6.92 Å². The zero-order valence-electron chi connectivity index (χ0n) is 14.1. The van der Waals surface area contributed by atoms with Gasteiger partial charge in [0.15, 0.2) is 0 Å². The van der Waals surface area contributed by atoms with Crippen molar-refractivity contribution in [2.75, 3.05) is 0 Å². The Morgan fingerprint density at radius 1 is 0.480 bits per heavy atom. The monoisotopic (exact) mass is 322 g/mol. The largest absolute Gasteiger partial charge is 0.233 e. The van der Waals surface area contributed by atoms with Crippen molar-refractivity contribution in [1.82, 2.24) is 9.97 Å². The van der Waals surface area contributed by atoms with E-state index in [0.717, 1.165) is 28.3 Å². The zero-order chi connectivity index (χ0) is 17.1. The molecule has 0 saturated carbocycles. The fraction of sp³-hybridized carbons (Fsp3) is 0.0435. The predicted octanol–water partition coefficient (Wildman–Crippen LogP) is 5.79. The normalized spacial score (nSPS) is 10.6. The molecule has 3 aromatic carbocycles. The van der Waals surface area contributed by atoms with Gasteiger partial charge < -0.3 is 0 Å². The lowest BCUT2D eigenvalue weighted by molar-refractivity contribution is 1.06. The molecule has 4 aromatic rings. The van der Waals surface area contributed by atoms with Gasteiger partial charge in [0.2, 0.25) is 0 Å². The number of benzene rings is 3. The Kier molecular flexibility index (Phi) is 4.09. The van der Waals surface area contributed by atoms with Crippen molar-refractivity contribution in [3.8, 4) is 33.6 Å². The summed E-state index contributed by atoms with van der Waals surface area (Å²) in [7, 11) is 0. The molecular weight excluding hydrogens is 304 g/mol. The van der Waals surface area contributed by atoms with E-state index < -0.39 is 0 Å². The molecule has 4 rings (SSSR count). The smallest absolute Gasteiger partial charge is 0.126 e. The van der Waals surface area contributed by atoms with Gasteiger partial charge in [-0.25, -0.2) is 9.97 Å². The number of aromatic nitrogens is 2. The van der Waals surface area contributed by atoms with Crippen LogP contribution >= 0.6 is 0 Å². The fourth-order valence-corrected chi connectivity index (χ4v) is 2.96. The van der Waals surface area contributed by atoms with E-state index in [1.165, 1.54) is 11.1 Å². The molecule has 0 N–H and O–H groups in total. The first-order valence-corrected chi connectivity index (χ1v) is 8.36. The van der Waals surface area contributed by atoms with Crippen LogP contribution in [0.15, 0.2) is 91.0 Å². The van der Waals surface area contributed by atoms with Crippen LogP contribution in [0.1, 0.15) is 5.82 Å². The standard InChI is InChI=1S/C23H18N2/c1-17-24-22(19-11-6-3-7-12-19)16-23(25-17)21-14-8-13-20(15-21)18-9-4-2-5-10-18/h2-16H,1H3. The summed E-state index contributed by atoms with van der Waals surface area (Å²) in [6.45, 7) is 1.94. The van der Waals surface area contributed by atoms with Crippen LogP contribution in [0, 0.1) is 6.92 Å². The van der Waals surface area contributed by atoms with E-state index in [0.29, 0.717) is 0 Å². The van der Waals surface area contributed by atoms with Gasteiger partial charge in [0, 0.05) is 11.1 Å². The van der Waals surface area contributed by atoms with Gasteiger partial charge in [-0.3, -0.25) is 0 Å². The van der Waals surface area contributed by atoms with Gasteiger partial charge in [0.05, 0.1) is 11.4 Å². The summed E-state index contributed by atoms with van der Waals surface area (Å²) in [6.07, 6.45) is 0. The van der Waals surface area contributed by atoms with Gasteiger partial charge in [0.1, 0.15) is 5.82 Å². The molecule has 0 aliphatic rings. The summed E-state index contributed by atoms with van der Waals surface area (Å²) in [5.74, 6) is 0.779. The Morgan fingerprint density at radius 3 is 1.68 bits per heavy atom. The minimum Gasteiger partial charge on any atom is -0.233 e. The van der Waals surface area contributed by atoms with Gasteiger partial charge in [-0.2, -0.15) is 0 Å². The minimum absolute atomic E-state index is 0.779. The Morgan fingerprint density at radius 2 is 1.00 bits per heavy atom. The molecule has 0 atom stereocenters. The highest BCUT2D eigenvalue weighted by Gasteiger charge is 2.07. The summed E-state index contributed by atoms with van der Waals surface area (Å²) in [6, 6.07) is 31.2. The van der Waals surface area contributed by atoms with Crippen LogP contribution in [0.4, 0.5) is 0 Å². The lowest BCUT2D eigenvalue weighted by Crippen LogP contribution is -1.94. The second-order valence-corrected chi connectivity index (χ2v) is 6.00. The third-order valence-corrected chi connectivity index (χ3v) is 4.17. The molecule has 0 fully saturated rings. The highest BCUT2D eigenvalue weighted by molar-refractivity contribution is 5.73. The van der Waals surface area contributed by atoms with Crippen molar-refractivity contribution in [1.29, 1.82) is 0 Å². The lowest BCUT2D eigenvalue weighted by atomic mass is 10.0. The Hall–Kier alpha value is -3.26. The summed E-state index contributed by atoms with van der Waals surface area (Å²) in [5.41, 5.74) is 6.50. The molecule has 2 nitrogen and oxygen atoms in total. The predicted molar refractivity (Wildman–Crippen MR) is 103 cm³/mol. The van der Waals surface area contributed by atoms with E-state index >= 15 is 0 Å². The van der Waals surface area contributed by atoms with Crippen molar-refractivity contribution in [2.24, 2.45) is 0 Å². The topological polar surface area (TPSA) is 25.8 Å². The van der Waals surface area contributed by atoms with Crippen LogP contribution in [-0.4, -0.2) is 9.97 Å². The van der Waals surface area contributed by atoms with E-state index in [1.54, 1.807) is 0 Å². The lowest BCUT2D eigenvalue weighted by Gasteiger charge is -2.08. The van der Waals surface area contributed by atoms with Crippen molar-refractivity contribution < 1.29 is 0 Å². The van der Waals surface area contributed by atoms with E-state index in [-0.39, 0.29) is 0 Å². The van der Waals surface area contributed by atoms with E-state index in [4.69, 9.17) is 0 Å². The first-order chi connectivity index (χ1) is 12.3. The molecule has 0 unspecified atom stereocenters. The second kappa shape index (κ2) is 6.70. The second-order valence-electron chi connectivity index (χ2n) is 6.00. The molecular formula is C23H18N2. The van der Waals surface area contributed by atoms with Crippen molar-refractivity contribution in [3.63, 3.8) is 0 Å². The number of hydrogen-bond acceptors (Lipinski definition) is 2. The Labute approximate surface area is 147 Å². The first-order valence-electron chi connectivity index (χ1n) is 8.36. The molecule has 0 radical (unpaired) electrons. The van der Waals surface area contributed by atoms with Crippen LogP contribution in [0.2, 0.25) is 0 Å². The summed E-state index contributed by atoms with van der Waals surface area (Å²) < 4.78 is 0. The number of aryl methyl sites for hydroxylation is 1. The SMILES string of the molecule is Cc1nc(-c2ccccc2)cc(-c2cccc(-c3ccccc3)c2)n1. The average Bonchev–Trinajstić information content (AvgIpc) is 2.69. The molecule has 0 spiro atoms. The van der Waals surface area contributed by atoms with E-state index in [2.05, 4.69) is 76.7 Å². The molecule has 25 heavy (non-hydrogen) atoms. The number of nitrogens with zero attached hydrogens (tertiary/aromatic N) is 2.